The molecular weight excluding hydrogens is 306 g/mol. The first-order valence-corrected chi connectivity index (χ1v) is 8.45. The molecule has 0 N–H and O–H groups in total. The van der Waals surface area contributed by atoms with E-state index in [0.29, 0.717) is 30.2 Å². The van der Waals surface area contributed by atoms with Crippen molar-refractivity contribution < 1.29 is 9.59 Å². The summed E-state index contributed by atoms with van der Waals surface area (Å²) in [4.78, 5) is 26.7. The number of carbonyl (C=O) groups excluding carboxylic acids is 2. The van der Waals surface area contributed by atoms with Gasteiger partial charge in [-0.2, -0.15) is 0 Å². The predicted molar refractivity (Wildman–Crippen MR) is 74.4 cm³/mol. The average Bonchev–Trinajstić information content (AvgIpc) is 3.19. The quantitative estimate of drug-likeness (QED) is 0.344. The largest absolute Gasteiger partial charge is 0.282 e. The third-order valence-corrected chi connectivity index (χ3v) is 6.08. The molecule has 3 nitrogen and oxygen atoms in total. The van der Waals surface area contributed by atoms with Crippen LogP contribution in [-0.2, 0) is 9.59 Å². The van der Waals surface area contributed by atoms with Gasteiger partial charge in [0.1, 0.15) is 0 Å². The molecule has 6 atom stereocenters. The highest BCUT2D eigenvalue weighted by molar-refractivity contribution is 9.09. The third kappa shape index (κ3) is 1.55. The average molecular weight is 324 g/mol. The van der Waals surface area contributed by atoms with Gasteiger partial charge in [0.05, 0.1) is 11.8 Å². The minimum atomic E-state index is -0.0183. The van der Waals surface area contributed by atoms with Gasteiger partial charge in [-0.1, -0.05) is 28.1 Å². The molecule has 2 amide bonds. The summed E-state index contributed by atoms with van der Waals surface area (Å²) in [5.74, 6) is 2.33. The second kappa shape index (κ2) is 4.18. The minimum Gasteiger partial charge on any atom is -0.282 e. The Balaban J connectivity index is 1.58. The second-order valence-corrected chi connectivity index (χ2v) is 7.17. The molecule has 4 aliphatic carbocycles. The summed E-state index contributed by atoms with van der Waals surface area (Å²) in [5.41, 5.74) is 0. The number of alkyl halides is 1. The molecule has 5 rings (SSSR count). The van der Waals surface area contributed by atoms with Crippen LogP contribution < -0.4 is 0 Å². The van der Waals surface area contributed by atoms with Crippen molar-refractivity contribution in [2.24, 2.45) is 35.5 Å². The number of hydrogen-bond donors (Lipinski definition) is 0. The van der Waals surface area contributed by atoms with Crippen molar-refractivity contribution >= 4 is 27.7 Å². The molecule has 4 unspecified atom stereocenters. The van der Waals surface area contributed by atoms with Gasteiger partial charge in [-0.05, 0) is 42.9 Å². The van der Waals surface area contributed by atoms with Crippen molar-refractivity contribution in [3.8, 4) is 0 Å². The van der Waals surface area contributed by atoms with Crippen molar-refractivity contribution in [1.29, 1.82) is 0 Å². The lowest BCUT2D eigenvalue weighted by Crippen LogP contribution is -2.40. The van der Waals surface area contributed by atoms with Crippen LogP contribution in [0.15, 0.2) is 12.2 Å². The lowest BCUT2D eigenvalue weighted by atomic mass is 9.63. The number of likely N-dealkylation sites (tertiary alicyclic amines) is 1. The van der Waals surface area contributed by atoms with Crippen molar-refractivity contribution in [3.63, 3.8) is 0 Å². The summed E-state index contributed by atoms with van der Waals surface area (Å²) >= 11 is 3.39. The summed E-state index contributed by atoms with van der Waals surface area (Å²) in [6.07, 6.45) is 7.63. The number of imide groups is 1. The Morgan fingerprint density at radius 1 is 1.05 bits per heavy atom. The summed E-state index contributed by atoms with van der Waals surface area (Å²) in [7, 11) is 0. The Kier molecular flexibility index (Phi) is 2.66. The van der Waals surface area contributed by atoms with Gasteiger partial charge in [0, 0.05) is 11.9 Å². The maximum absolute atomic E-state index is 12.6. The first-order valence-electron chi connectivity index (χ1n) is 7.33. The molecule has 0 spiro atoms. The van der Waals surface area contributed by atoms with Gasteiger partial charge in [0.25, 0.3) is 0 Å². The Morgan fingerprint density at radius 2 is 1.63 bits per heavy atom. The third-order valence-electron chi connectivity index (χ3n) is 5.52. The standard InChI is InChI=1S/C15H18BrNO2/c16-5-1-2-6-17-14(18)12-8-3-4-9(11-7-10(8)11)13(12)15(17)19/h3-4,8-13H,1-2,5-7H2/t8-,9+,10?,11?,12?,13?. The van der Waals surface area contributed by atoms with E-state index in [2.05, 4.69) is 28.1 Å². The number of carbonyl (C=O) groups is 2. The zero-order valence-corrected chi connectivity index (χ0v) is 12.4. The molecule has 1 saturated heterocycles. The number of amides is 2. The normalized spacial score (nSPS) is 45.6. The lowest BCUT2D eigenvalue weighted by Gasteiger charge is -2.37. The van der Waals surface area contributed by atoms with E-state index < -0.39 is 0 Å². The first-order chi connectivity index (χ1) is 9.24. The molecule has 0 aromatic heterocycles. The fourth-order valence-electron chi connectivity index (χ4n) is 4.60. The molecule has 102 valence electrons. The van der Waals surface area contributed by atoms with Crippen LogP contribution in [0, 0.1) is 35.5 Å². The smallest absolute Gasteiger partial charge is 0.233 e. The van der Waals surface area contributed by atoms with E-state index in [-0.39, 0.29) is 23.7 Å². The molecular formula is C15H18BrNO2. The van der Waals surface area contributed by atoms with Gasteiger partial charge >= 0.3 is 0 Å². The van der Waals surface area contributed by atoms with E-state index in [1.165, 1.54) is 6.42 Å². The van der Waals surface area contributed by atoms with Crippen LogP contribution in [0.5, 0.6) is 0 Å². The fourth-order valence-corrected chi connectivity index (χ4v) is 5.00. The van der Waals surface area contributed by atoms with Crippen LogP contribution >= 0.6 is 15.9 Å². The number of nitrogens with zero attached hydrogens (tertiary/aromatic N) is 1. The molecule has 5 aliphatic rings. The van der Waals surface area contributed by atoms with Gasteiger partial charge in [0.2, 0.25) is 11.8 Å². The first kappa shape index (κ1) is 12.1. The van der Waals surface area contributed by atoms with Gasteiger partial charge < -0.3 is 0 Å². The summed E-state index contributed by atoms with van der Waals surface area (Å²) in [5, 5.41) is 0.938. The maximum atomic E-state index is 12.6. The van der Waals surface area contributed by atoms with Crippen LogP contribution in [0.25, 0.3) is 0 Å². The molecule has 1 heterocycles. The molecule has 3 fully saturated rings. The van der Waals surface area contributed by atoms with Gasteiger partial charge in [-0.25, -0.2) is 0 Å². The lowest BCUT2D eigenvalue weighted by molar-refractivity contribution is -0.140. The number of allylic oxidation sites excluding steroid dienone is 2. The monoisotopic (exact) mass is 323 g/mol. The highest BCUT2D eigenvalue weighted by Gasteiger charge is 2.66. The summed E-state index contributed by atoms with van der Waals surface area (Å²) < 4.78 is 0. The summed E-state index contributed by atoms with van der Waals surface area (Å²) in [6, 6.07) is 0. The number of unbranched alkanes of at least 4 members (excludes halogenated alkanes) is 1. The number of rotatable bonds is 4. The van der Waals surface area contributed by atoms with Crippen LogP contribution in [0.4, 0.5) is 0 Å². The molecule has 0 aromatic carbocycles. The van der Waals surface area contributed by atoms with Gasteiger partial charge in [-0.3, -0.25) is 14.5 Å². The number of hydrogen-bond acceptors (Lipinski definition) is 2. The van der Waals surface area contributed by atoms with Crippen molar-refractivity contribution in [2.75, 3.05) is 11.9 Å². The van der Waals surface area contributed by atoms with Crippen LogP contribution in [0.2, 0.25) is 0 Å². The van der Waals surface area contributed by atoms with Gasteiger partial charge in [-0.15, -0.1) is 0 Å². The van der Waals surface area contributed by atoms with E-state index in [0.717, 1.165) is 18.2 Å². The van der Waals surface area contributed by atoms with E-state index in [4.69, 9.17) is 0 Å². The van der Waals surface area contributed by atoms with Crippen LogP contribution in [-0.4, -0.2) is 28.6 Å². The SMILES string of the molecule is O=C1C2C(C(=O)N1CCCCBr)[C@H]1C=C[C@@H]2C2CC21. The van der Waals surface area contributed by atoms with Crippen LogP contribution in [0.1, 0.15) is 19.3 Å². The molecule has 2 saturated carbocycles. The summed E-state index contributed by atoms with van der Waals surface area (Å²) in [6.45, 7) is 0.616. The fraction of sp³-hybridized carbons (Fsp3) is 0.733. The zero-order chi connectivity index (χ0) is 13.1. The molecule has 4 heteroatoms. The molecule has 0 radical (unpaired) electrons. The van der Waals surface area contributed by atoms with E-state index >= 15 is 0 Å². The molecule has 1 aliphatic heterocycles. The second-order valence-electron chi connectivity index (χ2n) is 6.38. The van der Waals surface area contributed by atoms with E-state index in [1.54, 1.807) is 4.90 Å². The Morgan fingerprint density at radius 3 is 2.16 bits per heavy atom. The minimum absolute atomic E-state index is 0.0183. The molecule has 2 bridgehead atoms. The predicted octanol–water partition coefficient (Wildman–Crippen LogP) is 2.21. The topological polar surface area (TPSA) is 37.4 Å². The van der Waals surface area contributed by atoms with Gasteiger partial charge in [0.15, 0.2) is 0 Å². The Hall–Kier alpha value is -0.640. The highest BCUT2D eigenvalue weighted by Crippen LogP contribution is 2.65. The highest BCUT2D eigenvalue weighted by atomic mass is 79.9. The Labute approximate surface area is 121 Å². The Bertz CT molecular complexity index is 439. The van der Waals surface area contributed by atoms with Crippen molar-refractivity contribution in [1.82, 2.24) is 4.90 Å². The zero-order valence-electron chi connectivity index (χ0n) is 10.8. The molecule has 19 heavy (non-hydrogen) atoms. The van der Waals surface area contributed by atoms with Crippen LogP contribution in [0.3, 0.4) is 0 Å². The molecule has 0 aromatic rings. The van der Waals surface area contributed by atoms with E-state index in [1.807, 2.05) is 0 Å². The van der Waals surface area contributed by atoms with Crippen molar-refractivity contribution in [3.05, 3.63) is 12.2 Å². The maximum Gasteiger partial charge on any atom is 0.233 e. The van der Waals surface area contributed by atoms with Crippen molar-refractivity contribution in [2.45, 2.75) is 19.3 Å². The number of halogens is 1. The van der Waals surface area contributed by atoms with E-state index in [9.17, 15) is 9.59 Å².